The Bertz CT molecular complexity index is 412. The maximum atomic E-state index is 11.0. The fourth-order valence-electron chi connectivity index (χ4n) is 2.18. The third kappa shape index (κ3) is 4.36. The van der Waals surface area contributed by atoms with Crippen molar-refractivity contribution in [1.82, 2.24) is 0 Å². The molecule has 0 N–H and O–H groups in total. The number of rotatable bonds is 5. The van der Waals surface area contributed by atoms with E-state index in [0.717, 1.165) is 12.8 Å². The fraction of sp³-hybridized carbons (Fsp3) is 0.438. The molecule has 0 radical (unpaired) electrons. The second kappa shape index (κ2) is 7.00. The van der Waals surface area contributed by atoms with Gasteiger partial charge in [0.2, 0.25) is 0 Å². The Morgan fingerprint density at radius 3 is 2.39 bits per heavy atom. The minimum atomic E-state index is -0.287. The minimum Gasteiger partial charge on any atom is -0.466 e. The van der Waals surface area contributed by atoms with Gasteiger partial charge in [0, 0.05) is 6.08 Å². The molecule has 2 heteroatoms. The zero-order valence-corrected chi connectivity index (χ0v) is 11.7. The standard InChI is InChI=1S/C16H22O2/c1-5-14(7-6-8-16(17)18-4)15-10-12(2)9-13(3)11-15/h6,8-11,14H,5,7H2,1-4H3. The normalized spacial score (nSPS) is 12.7. The average molecular weight is 246 g/mol. The van der Waals surface area contributed by atoms with Crippen LogP contribution in [0.3, 0.4) is 0 Å². The van der Waals surface area contributed by atoms with Gasteiger partial charge in [0.15, 0.2) is 0 Å². The molecule has 0 spiro atoms. The summed E-state index contributed by atoms with van der Waals surface area (Å²) >= 11 is 0. The molecule has 18 heavy (non-hydrogen) atoms. The van der Waals surface area contributed by atoms with E-state index in [1.807, 2.05) is 6.08 Å². The summed E-state index contributed by atoms with van der Waals surface area (Å²) in [6.45, 7) is 6.41. The van der Waals surface area contributed by atoms with E-state index in [4.69, 9.17) is 0 Å². The molecule has 2 nitrogen and oxygen atoms in total. The lowest BCUT2D eigenvalue weighted by Crippen LogP contribution is -1.99. The van der Waals surface area contributed by atoms with Gasteiger partial charge in [-0.3, -0.25) is 0 Å². The highest BCUT2D eigenvalue weighted by molar-refractivity contribution is 5.81. The lowest BCUT2D eigenvalue weighted by atomic mass is 9.91. The van der Waals surface area contributed by atoms with Gasteiger partial charge in [-0.25, -0.2) is 4.79 Å². The van der Waals surface area contributed by atoms with Crippen molar-refractivity contribution in [2.45, 2.75) is 39.5 Å². The van der Waals surface area contributed by atoms with Crippen molar-refractivity contribution in [3.63, 3.8) is 0 Å². The van der Waals surface area contributed by atoms with Crippen molar-refractivity contribution in [2.75, 3.05) is 7.11 Å². The Hall–Kier alpha value is -1.57. The predicted octanol–water partition coefficient (Wildman–Crippen LogP) is 3.92. The average Bonchev–Trinajstić information content (AvgIpc) is 2.33. The zero-order valence-electron chi connectivity index (χ0n) is 11.7. The first-order chi connectivity index (χ1) is 8.56. The van der Waals surface area contributed by atoms with Crippen LogP contribution in [0, 0.1) is 13.8 Å². The number of esters is 1. The van der Waals surface area contributed by atoms with Crippen molar-refractivity contribution in [3.8, 4) is 0 Å². The maximum Gasteiger partial charge on any atom is 0.330 e. The number of carbonyl (C=O) groups excluding carboxylic acids is 1. The molecule has 0 aliphatic carbocycles. The van der Waals surface area contributed by atoms with Crippen LogP contribution in [0.1, 0.15) is 42.4 Å². The molecule has 98 valence electrons. The zero-order chi connectivity index (χ0) is 13.5. The molecule has 0 bridgehead atoms. The van der Waals surface area contributed by atoms with E-state index in [0.29, 0.717) is 5.92 Å². The number of carbonyl (C=O) groups is 1. The highest BCUT2D eigenvalue weighted by Gasteiger charge is 2.08. The molecule has 0 aliphatic rings. The van der Waals surface area contributed by atoms with Crippen LogP contribution in [0.25, 0.3) is 0 Å². The van der Waals surface area contributed by atoms with Crippen LogP contribution < -0.4 is 0 Å². The van der Waals surface area contributed by atoms with Crippen LogP contribution in [-0.4, -0.2) is 13.1 Å². The summed E-state index contributed by atoms with van der Waals surface area (Å²) in [5, 5.41) is 0. The first-order valence-corrected chi connectivity index (χ1v) is 6.39. The first-order valence-electron chi connectivity index (χ1n) is 6.39. The van der Waals surface area contributed by atoms with Gasteiger partial charge in [0.25, 0.3) is 0 Å². The molecule has 0 saturated heterocycles. The van der Waals surface area contributed by atoms with E-state index < -0.39 is 0 Å². The van der Waals surface area contributed by atoms with Gasteiger partial charge in [0.1, 0.15) is 0 Å². The second-order valence-electron chi connectivity index (χ2n) is 4.69. The summed E-state index contributed by atoms with van der Waals surface area (Å²) in [7, 11) is 1.40. The van der Waals surface area contributed by atoms with Gasteiger partial charge in [0.05, 0.1) is 7.11 Å². The molecule has 0 saturated carbocycles. The largest absolute Gasteiger partial charge is 0.466 e. The molecule has 0 amide bonds. The van der Waals surface area contributed by atoms with Crippen LogP contribution in [0.5, 0.6) is 0 Å². The Kier molecular flexibility index (Phi) is 5.63. The molecule has 0 aromatic heterocycles. The summed E-state index contributed by atoms with van der Waals surface area (Å²) < 4.78 is 4.58. The molecule has 1 rings (SSSR count). The lowest BCUT2D eigenvalue weighted by Gasteiger charge is -2.14. The van der Waals surface area contributed by atoms with E-state index in [-0.39, 0.29) is 5.97 Å². The van der Waals surface area contributed by atoms with Crippen LogP contribution in [0.4, 0.5) is 0 Å². The number of aryl methyl sites for hydroxylation is 2. The van der Waals surface area contributed by atoms with Crippen molar-refractivity contribution in [3.05, 3.63) is 47.0 Å². The summed E-state index contributed by atoms with van der Waals surface area (Å²) in [4.78, 5) is 11.0. The van der Waals surface area contributed by atoms with E-state index in [1.165, 1.54) is 29.9 Å². The van der Waals surface area contributed by atoms with Crippen molar-refractivity contribution in [2.24, 2.45) is 0 Å². The number of hydrogen-bond acceptors (Lipinski definition) is 2. The van der Waals surface area contributed by atoms with Crippen LogP contribution in [-0.2, 0) is 9.53 Å². The summed E-state index contributed by atoms with van der Waals surface area (Å²) in [5.74, 6) is 0.176. The van der Waals surface area contributed by atoms with Gasteiger partial charge in [-0.05, 0) is 38.2 Å². The Morgan fingerprint density at radius 2 is 1.89 bits per heavy atom. The predicted molar refractivity (Wildman–Crippen MR) is 74.7 cm³/mol. The van der Waals surface area contributed by atoms with Crippen LogP contribution >= 0.6 is 0 Å². The molecule has 1 aromatic rings. The number of ether oxygens (including phenoxy) is 1. The first kappa shape index (κ1) is 14.5. The molecule has 0 aliphatic heterocycles. The van der Waals surface area contributed by atoms with Gasteiger partial charge in [-0.15, -0.1) is 0 Å². The summed E-state index contributed by atoms with van der Waals surface area (Å²) in [6, 6.07) is 6.64. The summed E-state index contributed by atoms with van der Waals surface area (Å²) in [5.41, 5.74) is 3.94. The van der Waals surface area contributed by atoms with Crippen molar-refractivity contribution >= 4 is 5.97 Å². The molecule has 1 unspecified atom stereocenters. The van der Waals surface area contributed by atoms with Gasteiger partial charge >= 0.3 is 5.97 Å². The molecular formula is C16H22O2. The van der Waals surface area contributed by atoms with Crippen molar-refractivity contribution < 1.29 is 9.53 Å². The van der Waals surface area contributed by atoms with E-state index in [1.54, 1.807) is 0 Å². The van der Waals surface area contributed by atoms with E-state index in [9.17, 15) is 4.79 Å². The van der Waals surface area contributed by atoms with Gasteiger partial charge in [-0.1, -0.05) is 42.3 Å². The van der Waals surface area contributed by atoms with Crippen LogP contribution in [0.15, 0.2) is 30.4 Å². The Labute approximate surface area is 110 Å². The number of hydrogen-bond donors (Lipinski definition) is 0. The number of allylic oxidation sites excluding steroid dienone is 1. The number of methoxy groups -OCH3 is 1. The third-order valence-corrected chi connectivity index (χ3v) is 3.08. The number of benzene rings is 1. The molecule has 1 aromatic carbocycles. The fourth-order valence-corrected chi connectivity index (χ4v) is 2.18. The van der Waals surface area contributed by atoms with E-state index in [2.05, 4.69) is 43.7 Å². The van der Waals surface area contributed by atoms with E-state index >= 15 is 0 Å². The minimum absolute atomic E-state index is 0.287. The SMILES string of the molecule is CCC(CC=CC(=O)OC)c1cc(C)cc(C)c1. The highest BCUT2D eigenvalue weighted by Crippen LogP contribution is 2.25. The summed E-state index contributed by atoms with van der Waals surface area (Å²) in [6.07, 6.45) is 5.34. The lowest BCUT2D eigenvalue weighted by molar-refractivity contribution is -0.134. The molecule has 1 atom stereocenters. The highest BCUT2D eigenvalue weighted by atomic mass is 16.5. The Morgan fingerprint density at radius 1 is 1.28 bits per heavy atom. The smallest absolute Gasteiger partial charge is 0.330 e. The maximum absolute atomic E-state index is 11.0. The third-order valence-electron chi connectivity index (χ3n) is 3.08. The van der Waals surface area contributed by atoms with Gasteiger partial charge in [-0.2, -0.15) is 0 Å². The molecular weight excluding hydrogens is 224 g/mol. The Balaban J connectivity index is 2.77. The molecule has 0 fully saturated rings. The van der Waals surface area contributed by atoms with Gasteiger partial charge < -0.3 is 4.74 Å². The van der Waals surface area contributed by atoms with Crippen molar-refractivity contribution in [1.29, 1.82) is 0 Å². The monoisotopic (exact) mass is 246 g/mol. The quantitative estimate of drug-likeness (QED) is 0.581. The van der Waals surface area contributed by atoms with Crippen LogP contribution in [0.2, 0.25) is 0 Å². The topological polar surface area (TPSA) is 26.3 Å². The molecule has 0 heterocycles. The second-order valence-corrected chi connectivity index (χ2v) is 4.69.